The third-order valence-corrected chi connectivity index (χ3v) is 5.33. The first-order valence-electron chi connectivity index (χ1n) is 9.68. The van der Waals surface area contributed by atoms with Gasteiger partial charge in [0.1, 0.15) is 17.6 Å². The molecule has 0 fully saturated rings. The van der Waals surface area contributed by atoms with Crippen LogP contribution in [-0.2, 0) is 13.0 Å². The van der Waals surface area contributed by atoms with Crippen LogP contribution in [0.3, 0.4) is 0 Å². The number of ether oxygens (including phenoxy) is 1. The van der Waals surface area contributed by atoms with Gasteiger partial charge in [0.25, 0.3) is 5.91 Å². The smallest absolute Gasteiger partial charge is 0.254 e. The molecule has 0 radical (unpaired) electrons. The van der Waals surface area contributed by atoms with E-state index in [0.717, 1.165) is 22.7 Å². The zero-order valence-corrected chi connectivity index (χ0v) is 16.6. The number of fused-ring (bicyclic) bond motifs is 1. The molecule has 156 valence electrons. The number of aromatic nitrogens is 4. The Balaban J connectivity index is 1.48. The van der Waals surface area contributed by atoms with Gasteiger partial charge in [-0.15, -0.1) is 0 Å². The first kappa shape index (κ1) is 19.0. The van der Waals surface area contributed by atoms with Crippen LogP contribution >= 0.6 is 0 Å². The minimum Gasteiger partial charge on any atom is -0.497 e. The maximum atomic E-state index is 13.3. The van der Waals surface area contributed by atoms with E-state index in [1.165, 1.54) is 24.3 Å². The molecule has 1 N–H and O–H groups in total. The lowest BCUT2D eigenvalue weighted by Gasteiger charge is -2.32. The summed E-state index contributed by atoms with van der Waals surface area (Å²) in [4.78, 5) is 26.8. The Morgan fingerprint density at radius 2 is 1.97 bits per heavy atom. The Morgan fingerprint density at radius 1 is 1.19 bits per heavy atom. The Morgan fingerprint density at radius 3 is 2.71 bits per heavy atom. The van der Waals surface area contributed by atoms with Crippen molar-refractivity contribution in [3.05, 3.63) is 83.5 Å². The van der Waals surface area contributed by atoms with Gasteiger partial charge in [-0.05, 0) is 48.5 Å². The fraction of sp³-hybridized carbons (Fsp3) is 0.182. The largest absolute Gasteiger partial charge is 0.497 e. The number of nitrogens with one attached hydrogen (secondary N) is 1. The highest BCUT2D eigenvalue weighted by atomic mass is 19.1. The lowest BCUT2D eigenvalue weighted by atomic mass is 10.0. The Bertz CT molecular complexity index is 1220. The second-order valence-electron chi connectivity index (χ2n) is 7.17. The summed E-state index contributed by atoms with van der Waals surface area (Å²) in [6.07, 6.45) is 2.03. The Hall–Kier alpha value is -4.01. The molecule has 1 aliphatic rings. The molecular weight excluding hydrogens is 401 g/mol. The number of halogens is 1. The van der Waals surface area contributed by atoms with Gasteiger partial charge in [0.15, 0.2) is 0 Å². The molecule has 0 saturated carbocycles. The second kappa shape index (κ2) is 7.67. The topological polar surface area (TPSA) is 97.1 Å². The SMILES string of the molecule is COc1ccc(-c2noc([C@@H]3Cc4nc[nH]c4CN3C(=O)c3ccc(F)cc3)n2)cc1. The number of carbonyl (C=O) groups excluding carboxylic acids is 1. The molecule has 4 aromatic rings. The fourth-order valence-corrected chi connectivity index (χ4v) is 3.66. The first-order valence-corrected chi connectivity index (χ1v) is 9.68. The van der Waals surface area contributed by atoms with Crippen molar-refractivity contribution in [2.24, 2.45) is 0 Å². The van der Waals surface area contributed by atoms with Gasteiger partial charge in [0.2, 0.25) is 11.7 Å². The number of aromatic amines is 1. The van der Waals surface area contributed by atoms with Crippen molar-refractivity contribution in [2.45, 2.75) is 19.0 Å². The van der Waals surface area contributed by atoms with Crippen molar-refractivity contribution in [3.63, 3.8) is 0 Å². The molecule has 0 bridgehead atoms. The summed E-state index contributed by atoms with van der Waals surface area (Å²) in [6.45, 7) is 0.302. The van der Waals surface area contributed by atoms with Crippen LogP contribution in [0, 0.1) is 5.82 Å². The van der Waals surface area contributed by atoms with Crippen LogP contribution in [0.2, 0.25) is 0 Å². The molecule has 0 saturated heterocycles. The molecule has 0 spiro atoms. The third kappa shape index (κ3) is 3.54. The molecule has 0 aliphatic carbocycles. The minimum atomic E-state index is -0.493. The second-order valence-corrected chi connectivity index (χ2v) is 7.17. The van der Waals surface area contributed by atoms with E-state index in [0.29, 0.717) is 30.2 Å². The summed E-state index contributed by atoms with van der Waals surface area (Å²) >= 11 is 0. The molecule has 2 aromatic carbocycles. The van der Waals surface area contributed by atoms with Gasteiger partial charge in [0.05, 0.1) is 31.4 Å². The van der Waals surface area contributed by atoms with Crippen molar-refractivity contribution in [2.75, 3.05) is 7.11 Å². The average Bonchev–Trinajstić information content (AvgIpc) is 3.47. The number of hydrogen-bond donors (Lipinski definition) is 1. The van der Waals surface area contributed by atoms with Crippen LogP contribution < -0.4 is 4.74 Å². The highest BCUT2D eigenvalue weighted by Crippen LogP contribution is 2.33. The monoisotopic (exact) mass is 419 g/mol. The van der Waals surface area contributed by atoms with E-state index in [1.54, 1.807) is 18.3 Å². The predicted molar refractivity (Wildman–Crippen MR) is 108 cm³/mol. The summed E-state index contributed by atoms with van der Waals surface area (Å²) in [6, 6.07) is 12.3. The van der Waals surface area contributed by atoms with Gasteiger partial charge in [0, 0.05) is 17.5 Å². The standard InChI is InChI=1S/C22H18FN5O3/c1-30-16-8-4-13(5-9-16)20-26-21(31-27-20)19-10-17-18(25-12-24-17)11-28(19)22(29)14-2-6-15(23)7-3-14/h2-9,12,19H,10-11H2,1H3,(H,24,25)/t19-/m0/s1. The number of hydrogen-bond acceptors (Lipinski definition) is 6. The number of benzene rings is 2. The predicted octanol–water partition coefficient (Wildman–Crippen LogP) is 3.55. The normalized spacial score (nSPS) is 15.5. The summed E-state index contributed by atoms with van der Waals surface area (Å²) in [5.74, 6) is 0.801. The number of rotatable bonds is 4. The van der Waals surface area contributed by atoms with Crippen molar-refractivity contribution in [3.8, 4) is 17.1 Å². The van der Waals surface area contributed by atoms with Crippen LogP contribution in [0.4, 0.5) is 4.39 Å². The molecule has 5 rings (SSSR count). The number of amides is 1. The van der Waals surface area contributed by atoms with Crippen molar-refractivity contribution in [1.82, 2.24) is 25.0 Å². The highest BCUT2D eigenvalue weighted by molar-refractivity contribution is 5.94. The summed E-state index contributed by atoms with van der Waals surface area (Å²) < 4.78 is 24.1. The van der Waals surface area contributed by atoms with Gasteiger partial charge in [-0.2, -0.15) is 4.98 Å². The molecule has 31 heavy (non-hydrogen) atoms. The van der Waals surface area contributed by atoms with Gasteiger partial charge in [-0.1, -0.05) is 5.16 Å². The van der Waals surface area contributed by atoms with Crippen LogP contribution in [0.15, 0.2) is 59.4 Å². The van der Waals surface area contributed by atoms with Crippen molar-refractivity contribution < 1.29 is 18.4 Å². The Labute approximate surface area is 176 Å². The molecule has 1 aliphatic heterocycles. The summed E-state index contributed by atoms with van der Waals surface area (Å²) in [7, 11) is 1.60. The van der Waals surface area contributed by atoms with Crippen LogP contribution in [0.25, 0.3) is 11.4 Å². The molecule has 2 aromatic heterocycles. The number of H-pyrrole nitrogens is 1. The van der Waals surface area contributed by atoms with E-state index < -0.39 is 11.9 Å². The summed E-state index contributed by atoms with van der Waals surface area (Å²) in [5, 5.41) is 4.10. The van der Waals surface area contributed by atoms with Gasteiger partial charge in [-0.3, -0.25) is 4.79 Å². The fourth-order valence-electron chi connectivity index (χ4n) is 3.66. The summed E-state index contributed by atoms with van der Waals surface area (Å²) in [5.41, 5.74) is 2.84. The zero-order valence-electron chi connectivity index (χ0n) is 16.6. The molecule has 8 nitrogen and oxygen atoms in total. The van der Waals surface area contributed by atoms with Gasteiger partial charge >= 0.3 is 0 Å². The number of imidazole rings is 1. The molecule has 3 heterocycles. The molecule has 9 heteroatoms. The quantitative estimate of drug-likeness (QED) is 0.543. The minimum absolute atomic E-state index is 0.255. The third-order valence-electron chi connectivity index (χ3n) is 5.33. The van der Waals surface area contributed by atoms with Crippen LogP contribution in [0.1, 0.15) is 33.7 Å². The lowest BCUT2D eigenvalue weighted by molar-refractivity contribution is 0.0589. The van der Waals surface area contributed by atoms with E-state index in [9.17, 15) is 9.18 Å². The van der Waals surface area contributed by atoms with Gasteiger partial charge in [-0.25, -0.2) is 9.37 Å². The van der Waals surface area contributed by atoms with Crippen LogP contribution in [0.5, 0.6) is 5.75 Å². The van der Waals surface area contributed by atoms with E-state index >= 15 is 0 Å². The maximum absolute atomic E-state index is 13.3. The molecular formula is C22H18FN5O3. The zero-order chi connectivity index (χ0) is 21.4. The number of nitrogens with zero attached hydrogens (tertiary/aromatic N) is 4. The van der Waals surface area contributed by atoms with Crippen molar-refractivity contribution in [1.29, 1.82) is 0 Å². The van der Waals surface area contributed by atoms with Crippen LogP contribution in [-0.4, -0.2) is 38.0 Å². The maximum Gasteiger partial charge on any atom is 0.254 e. The van der Waals surface area contributed by atoms with E-state index in [2.05, 4.69) is 20.1 Å². The van der Waals surface area contributed by atoms with E-state index in [4.69, 9.17) is 9.26 Å². The molecule has 1 amide bonds. The average molecular weight is 419 g/mol. The van der Waals surface area contributed by atoms with Crippen molar-refractivity contribution >= 4 is 5.91 Å². The molecule has 1 atom stereocenters. The number of methoxy groups -OCH3 is 1. The van der Waals surface area contributed by atoms with E-state index in [-0.39, 0.29) is 5.91 Å². The number of carbonyl (C=O) groups is 1. The molecule has 0 unspecified atom stereocenters. The highest BCUT2D eigenvalue weighted by Gasteiger charge is 2.36. The lowest BCUT2D eigenvalue weighted by Crippen LogP contribution is -2.39. The Kier molecular flexibility index (Phi) is 4.70. The first-order chi connectivity index (χ1) is 15.1. The van der Waals surface area contributed by atoms with Gasteiger partial charge < -0.3 is 19.1 Å². The van der Waals surface area contributed by atoms with E-state index in [1.807, 2.05) is 24.3 Å².